The third-order valence-corrected chi connectivity index (χ3v) is 2.55. The standard InChI is InChI=1S/C10H15N3O2/c1-6(2)13-9(10(14)15-3)7-4-11-5-8(7)12-13/h6,11H,4-5H2,1-3H3. The topological polar surface area (TPSA) is 56.1 Å². The van der Waals surface area contributed by atoms with Gasteiger partial charge in [-0.25, -0.2) is 4.79 Å². The average Bonchev–Trinajstić information content (AvgIpc) is 2.74. The van der Waals surface area contributed by atoms with Gasteiger partial charge in [0.1, 0.15) is 0 Å². The first-order valence-electron chi connectivity index (χ1n) is 5.04. The number of fused-ring (bicyclic) bond motifs is 1. The van der Waals surface area contributed by atoms with Crippen LogP contribution in [0.1, 0.15) is 41.6 Å². The fourth-order valence-corrected chi connectivity index (χ4v) is 1.84. The van der Waals surface area contributed by atoms with Crippen molar-refractivity contribution in [3.63, 3.8) is 0 Å². The summed E-state index contributed by atoms with van der Waals surface area (Å²) in [4.78, 5) is 11.6. The number of aromatic nitrogens is 2. The molecule has 0 fully saturated rings. The van der Waals surface area contributed by atoms with Crippen molar-refractivity contribution in [3.8, 4) is 0 Å². The highest BCUT2D eigenvalue weighted by molar-refractivity contribution is 5.89. The van der Waals surface area contributed by atoms with Crippen LogP contribution in [0.5, 0.6) is 0 Å². The maximum Gasteiger partial charge on any atom is 0.356 e. The van der Waals surface area contributed by atoms with Crippen LogP contribution in [-0.2, 0) is 17.8 Å². The number of nitrogens with zero attached hydrogens (tertiary/aromatic N) is 2. The van der Waals surface area contributed by atoms with E-state index in [0.717, 1.165) is 17.8 Å². The van der Waals surface area contributed by atoms with Crippen LogP contribution in [0, 0.1) is 0 Å². The van der Waals surface area contributed by atoms with Crippen molar-refractivity contribution in [3.05, 3.63) is 17.0 Å². The van der Waals surface area contributed by atoms with Gasteiger partial charge in [0.2, 0.25) is 0 Å². The second kappa shape index (κ2) is 3.66. The minimum Gasteiger partial charge on any atom is -0.464 e. The van der Waals surface area contributed by atoms with Crippen LogP contribution in [0.3, 0.4) is 0 Å². The second-order valence-electron chi connectivity index (χ2n) is 3.91. The third-order valence-electron chi connectivity index (χ3n) is 2.55. The lowest BCUT2D eigenvalue weighted by atomic mass is 10.2. The van der Waals surface area contributed by atoms with Gasteiger partial charge in [-0.15, -0.1) is 0 Å². The Labute approximate surface area is 88.4 Å². The highest BCUT2D eigenvalue weighted by Crippen LogP contribution is 2.22. The minimum absolute atomic E-state index is 0.171. The first-order chi connectivity index (χ1) is 7.15. The molecule has 0 unspecified atom stereocenters. The molecule has 5 heteroatoms. The van der Waals surface area contributed by atoms with Gasteiger partial charge in [0.05, 0.1) is 12.8 Å². The molecule has 1 aliphatic heterocycles. The summed E-state index contributed by atoms with van der Waals surface area (Å²) >= 11 is 0. The number of carbonyl (C=O) groups excluding carboxylic acids is 1. The molecule has 1 aromatic heterocycles. The quantitative estimate of drug-likeness (QED) is 0.734. The van der Waals surface area contributed by atoms with E-state index in [-0.39, 0.29) is 12.0 Å². The lowest BCUT2D eigenvalue weighted by Gasteiger charge is -2.10. The summed E-state index contributed by atoms with van der Waals surface area (Å²) in [5.41, 5.74) is 2.53. The molecule has 15 heavy (non-hydrogen) atoms. The van der Waals surface area contributed by atoms with Crippen LogP contribution in [-0.4, -0.2) is 22.9 Å². The van der Waals surface area contributed by atoms with E-state index < -0.39 is 0 Å². The first kappa shape index (κ1) is 10.2. The zero-order chi connectivity index (χ0) is 11.0. The Balaban J connectivity index is 2.52. The minimum atomic E-state index is -0.304. The summed E-state index contributed by atoms with van der Waals surface area (Å²) in [5.74, 6) is -0.304. The van der Waals surface area contributed by atoms with E-state index in [1.54, 1.807) is 4.68 Å². The van der Waals surface area contributed by atoms with Gasteiger partial charge in [0, 0.05) is 24.7 Å². The van der Waals surface area contributed by atoms with Crippen LogP contribution >= 0.6 is 0 Å². The van der Waals surface area contributed by atoms with E-state index in [2.05, 4.69) is 10.4 Å². The summed E-state index contributed by atoms with van der Waals surface area (Å²) in [7, 11) is 1.40. The lowest BCUT2D eigenvalue weighted by Crippen LogP contribution is -2.17. The number of esters is 1. The van der Waals surface area contributed by atoms with Gasteiger partial charge in [-0.3, -0.25) is 4.68 Å². The molecule has 1 aromatic rings. The number of methoxy groups -OCH3 is 1. The van der Waals surface area contributed by atoms with Crippen LogP contribution in [0.2, 0.25) is 0 Å². The molecule has 2 rings (SSSR count). The summed E-state index contributed by atoms with van der Waals surface area (Å²) in [5, 5.41) is 7.58. The molecule has 0 amide bonds. The maximum absolute atomic E-state index is 11.6. The normalized spacial score (nSPS) is 14.4. The van der Waals surface area contributed by atoms with E-state index in [1.807, 2.05) is 13.8 Å². The zero-order valence-corrected chi connectivity index (χ0v) is 9.20. The molecule has 1 aliphatic rings. The molecular formula is C10H15N3O2. The van der Waals surface area contributed by atoms with E-state index in [9.17, 15) is 4.79 Å². The van der Waals surface area contributed by atoms with Gasteiger partial charge in [0.15, 0.2) is 5.69 Å². The third kappa shape index (κ3) is 1.52. The Morgan fingerprint density at radius 3 is 2.87 bits per heavy atom. The molecule has 0 aliphatic carbocycles. The van der Waals surface area contributed by atoms with Crippen LogP contribution < -0.4 is 5.32 Å². The van der Waals surface area contributed by atoms with Crippen LogP contribution in [0.15, 0.2) is 0 Å². The summed E-state index contributed by atoms with van der Waals surface area (Å²) in [6, 6.07) is 0.171. The molecule has 0 atom stereocenters. The van der Waals surface area contributed by atoms with E-state index >= 15 is 0 Å². The molecule has 0 saturated heterocycles. The summed E-state index contributed by atoms with van der Waals surface area (Å²) < 4.78 is 6.53. The SMILES string of the molecule is COC(=O)c1c2c(nn1C(C)C)CNC2. The Kier molecular flexibility index (Phi) is 2.48. The molecule has 0 bridgehead atoms. The number of hydrogen-bond acceptors (Lipinski definition) is 4. The molecule has 1 N–H and O–H groups in total. The molecule has 0 radical (unpaired) electrons. The Morgan fingerprint density at radius 2 is 2.27 bits per heavy atom. The number of hydrogen-bond donors (Lipinski definition) is 1. The Morgan fingerprint density at radius 1 is 1.53 bits per heavy atom. The predicted octanol–water partition coefficient (Wildman–Crippen LogP) is 0.854. The zero-order valence-electron chi connectivity index (χ0n) is 9.20. The highest BCUT2D eigenvalue weighted by Gasteiger charge is 2.27. The van der Waals surface area contributed by atoms with Crippen molar-refractivity contribution in [2.24, 2.45) is 0 Å². The molecule has 82 valence electrons. The molecule has 5 nitrogen and oxygen atoms in total. The van der Waals surface area contributed by atoms with E-state index in [4.69, 9.17) is 4.74 Å². The van der Waals surface area contributed by atoms with Gasteiger partial charge >= 0.3 is 5.97 Å². The summed E-state index contributed by atoms with van der Waals surface area (Å²) in [6.07, 6.45) is 0. The Hall–Kier alpha value is -1.36. The van der Waals surface area contributed by atoms with Gasteiger partial charge < -0.3 is 10.1 Å². The van der Waals surface area contributed by atoms with Crippen molar-refractivity contribution < 1.29 is 9.53 Å². The molecule has 0 saturated carbocycles. The van der Waals surface area contributed by atoms with Crippen molar-refractivity contribution in [2.45, 2.75) is 33.0 Å². The average molecular weight is 209 g/mol. The van der Waals surface area contributed by atoms with Crippen LogP contribution in [0.25, 0.3) is 0 Å². The van der Waals surface area contributed by atoms with Crippen molar-refractivity contribution in [1.29, 1.82) is 0 Å². The second-order valence-corrected chi connectivity index (χ2v) is 3.91. The smallest absolute Gasteiger partial charge is 0.356 e. The van der Waals surface area contributed by atoms with Gasteiger partial charge in [-0.2, -0.15) is 5.10 Å². The van der Waals surface area contributed by atoms with Gasteiger partial charge in [0.25, 0.3) is 0 Å². The molecule has 2 heterocycles. The Bertz CT molecular complexity index is 396. The fourth-order valence-electron chi connectivity index (χ4n) is 1.84. The monoisotopic (exact) mass is 209 g/mol. The predicted molar refractivity (Wildman–Crippen MR) is 54.5 cm³/mol. The lowest BCUT2D eigenvalue weighted by molar-refractivity contribution is 0.0583. The number of carbonyl (C=O) groups is 1. The number of rotatable bonds is 2. The molecule has 0 aromatic carbocycles. The van der Waals surface area contributed by atoms with Gasteiger partial charge in [-0.1, -0.05) is 0 Å². The van der Waals surface area contributed by atoms with Crippen molar-refractivity contribution in [1.82, 2.24) is 15.1 Å². The van der Waals surface area contributed by atoms with E-state index in [0.29, 0.717) is 12.2 Å². The molecule has 0 spiro atoms. The van der Waals surface area contributed by atoms with E-state index in [1.165, 1.54) is 7.11 Å². The maximum atomic E-state index is 11.6. The van der Waals surface area contributed by atoms with Crippen molar-refractivity contribution in [2.75, 3.05) is 7.11 Å². The summed E-state index contributed by atoms with van der Waals surface area (Å²) in [6.45, 7) is 5.44. The number of nitrogens with one attached hydrogen (secondary N) is 1. The van der Waals surface area contributed by atoms with Crippen molar-refractivity contribution >= 4 is 5.97 Å². The van der Waals surface area contributed by atoms with Crippen LogP contribution in [0.4, 0.5) is 0 Å². The fraction of sp³-hybridized carbons (Fsp3) is 0.600. The largest absolute Gasteiger partial charge is 0.464 e. The first-order valence-corrected chi connectivity index (χ1v) is 5.04. The van der Waals surface area contributed by atoms with Gasteiger partial charge in [-0.05, 0) is 13.8 Å². The number of ether oxygens (including phenoxy) is 1. The molecular weight excluding hydrogens is 194 g/mol. The highest BCUT2D eigenvalue weighted by atomic mass is 16.5.